The third-order valence-corrected chi connectivity index (χ3v) is 5.17. The first-order valence-corrected chi connectivity index (χ1v) is 9.58. The van der Waals surface area contributed by atoms with E-state index in [0.717, 1.165) is 21.6 Å². The molecular formula is C20H20BrN3O3. The molecule has 2 atom stereocenters. The molecule has 0 saturated carbocycles. The van der Waals surface area contributed by atoms with Gasteiger partial charge in [0.2, 0.25) is 5.91 Å². The predicted molar refractivity (Wildman–Crippen MR) is 103 cm³/mol. The first kappa shape index (κ1) is 18.0. The van der Waals surface area contributed by atoms with Crippen LogP contribution < -0.4 is 10.9 Å². The lowest BCUT2D eigenvalue weighted by Gasteiger charge is -2.23. The summed E-state index contributed by atoms with van der Waals surface area (Å²) in [6.07, 6.45) is 3.90. The zero-order valence-corrected chi connectivity index (χ0v) is 16.2. The Bertz CT molecular complexity index is 826. The summed E-state index contributed by atoms with van der Waals surface area (Å²) in [6.45, 7) is 0.793. The Morgan fingerprint density at radius 1 is 1.00 bits per heavy atom. The molecule has 1 saturated heterocycles. The number of amides is 1. The van der Waals surface area contributed by atoms with Crippen molar-refractivity contribution in [2.75, 3.05) is 0 Å². The maximum atomic E-state index is 13.2. The van der Waals surface area contributed by atoms with Gasteiger partial charge in [-0.1, -0.05) is 28.1 Å². The van der Waals surface area contributed by atoms with E-state index in [4.69, 9.17) is 8.83 Å². The van der Waals surface area contributed by atoms with Gasteiger partial charge in [-0.05, 0) is 48.4 Å². The first-order chi connectivity index (χ1) is 13.2. The maximum Gasteiger partial charge on any atom is 0.241 e. The fourth-order valence-corrected chi connectivity index (χ4v) is 3.51. The number of nitrogens with zero attached hydrogens (tertiary/aromatic N) is 1. The van der Waals surface area contributed by atoms with Crippen molar-refractivity contribution in [1.82, 2.24) is 15.8 Å². The van der Waals surface area contributed by atoms with E-state index in [1.165, 1.54) is 0 Å². The Morgan fingerprint density at radius 3 is 2.19 bits per heavy atom. The third kappa shape index (κ3) is 4.32. The van der Waals surface area contributed by atoms with E-state index in [2.05, 4.69) is 38.9 Å². The van der Waals surface area contributed by atoms with Crippen LogP contribution in [0.1, 0.15) is 29.5 Å². The van der Waals surface area contributed by atoms with Gasteiger partial charge in [-0.25, -0.2) is 10.9 Å². The van der Waals surface area contributed by atoms with Gasteiger partial charge in [0, 0.05) is 10.5 Å². The molecule has 27 heavy (non-hydrogen) atoms. The largest absolute Gasteiger partial charge is 0.467 e. The number of rotatable bonds is 6. The molecule has 2 aromatic heterocycles. The normalized spacial score (nSPS) is 19.3. The molecule has 7 heteroatoms. The molecule has 6 nitrogen and oxygen atoms in total. The monoisotopic (exact) mass is 429 g/mol. The Kier molecular flexibility index (Phi) is 5.42. The second-order valence-electron chi connectivity index (χ2n) is 6.53. The zero-order chi connectivity index (χ0) is 18.6. The number of hydrogen-bond donors (Lipinski definition) is 2. The van der Waals surface area contributed by atoms with Crippen molar-refractivity contribution < 1.29 is 13.6 Å². The van der Waals surface area contributed by atoms with E-state index >= 15 is 0 Å². The van der Waals surface area contributed by atoms with Gasteiger partial charge >= 0.3 is 0 Å². The van der Waals surface area contributed by atoms with Crippen molar-refractivity contribution in [3.63, 3.8) is 0 Å². The summed E-state index contributed by atoms with van der Waals surface area (Å²) in [7, 11) is 0. The van der Waals surface area contributed by atoms with Crippen LogP contribution in [0.2, 0.25) is 0 Å². The van der Waals surface area contributed by atoms with Crippen LogP contribution in [-0.4, -0.2) is 16.8 Å². The van der Waals surface area contributed by atoms with Crippen LogP contribution in [0.25, 0.3) is 0 Å². The minimum absolute atomic E-state index is 0.00918. The Labute approximate surface area is 165 Å². The molecule has 140 valence electrons. The van der Waals surface area contributed by atoms with Crippen molar-refractivity contribution in [2.24, 2.45) is 0 Å². The summed E-state index contributed by atoms with van der Waals surface area (Å²) in [5, 5.41) is 0. The summed E-state index contributed by atoms with van der Waals surface area (Å²) in [5.74, 6) is 1.49. The summed E-state index contributed by atoms with van der Waals surface area (Å²) >= 11 is 3.45. The lowest BCUT2D eigenvalue weighted by Crippen LogP contribution is -2.45. The van der Waals surface area contributed by atoms with Crippen LogP contribution >= 0.6 is 15.9 Å². The molecule has 0 radical (unpaired) electrons. The summed E-state index contributed by atoms with van der Waals surface area (Å²) in [5.41, 5.74) is 7.52. The number of furan rings is 2. The van der Waals surface area contributed by atoms with Crippen LogP contribution in [0.4, 0.5) is 0 Å². The molecule has 1 aliphatic heterocycles. The second-order valence-corrected chi connectivity index (χ2v) is 7.45. The van der Waals surface area contributed by atoms with Crippen molar-refractivity contribution in [3.05, 3.63) is 82.6 Å². The van der Waals surface area contributed by atoms with Crippen LogP contribution in [0.3, 0.4) is 0 Å². The van der Waals surface area contributed by atoms with Crippen LogP contribution in [-0.2, 0) is 17.9 Å². The van der Waals surface area contributed by atoms with Crippen LogP contribution in [0.5, 0.6) is 0 Å². The van der Waals surface area contributed by atoms with Crippen molar-refractivity contribution >= 4 is 21.8 Å². The molecule has 1 fully saturated rings. The number of hydrazine groups is 1. The van der Waals surface area contributed by atoms with Crippen LogP contribution in [0.15, 0.2) is 74.4 Å². The molecule has 0 aliphatic carbocycles. The first-order valence-electron chi connectivity index (χ1n) is 8.79. The molecule has 0 bridgehead atoms. The number of hydrogen-bond acceptors (Lipinski definition) is 5. The highest BCUT2D eigenvalue weighted by atomic mass is 79.9. The van der Waals surface area contributed by atoms with Gasteiger partial charge in [-0.2, -0.15) is 0 Å². The SMILES string of the molecule is O=C(C1CC(c2ccc(Br)cc2)NN1)N(Cc1ccco1)Cc1ccco1. The summed E-state index contributed by atoms with van der Waals surface area (Å²) < 4.78 is 11.9. The molecule has 1 aliphatic rings. The Hall–Kier alpha value is -2.35. The topological polar surface area (TPSA) is 70.7 Å². The predicted octanol–water partition coefficient (Wildman–Crippen LogP) is 3.77. The standard InChI is InChI=1S/C20H20BrN3O3/c21-15-7-5-14(6-8-15)18-11-19(23-22-18)20(25)24(12-16-3-1-9-26-16)13-17-4-2-10-27-17/h1-10,18-19,22-23H,11-13H2. The van der Waals surface area contributed by atoms with E-state index in [-0.39, 0.29) is 18.0 Å². The van der Waals surface area contributed by atoms with Gasteiger partial charge in [0.1, 0.15) is 17.6 Å². The highest BCUT2D eigenvalue weighted by Crippen LogP contribution is 2.25. The molecule has 3 heterocycles. The molecular weight excluding hydrogens is 410 g/mol. The molecule has 4 rings (SSSR count). The number of benzene rings is 1. The minimum Gasteiger partial charge on any atom is -0.467 e. The Morgan fingerprint density at radius 2 is 1.63 bits per heavy atom. The van der Waals surface area contributed by atoms with Gasteiger partial charge in [-0.3, -0.25) is 4.79 Å². The fourth-order valence-electron chi connectivity index (χ4n) is 3.25. The highest BCUT2D eigenvalue weighted by molar-refractivity contribution is 9.10. The average Bonchev–Trinajstić information content (AvgIpc) is 3.44. The van der Waals surface area contributed by atoms with Crippen molar-refractivity contribution in [1.29, 1.82) is 0 Å². The number of halogens is 1. The lowest BCUT2D eigenvalue weighted by atomic mass is 10.0. The molecule has 2 unspecified atom stereocenters. The second kappa shape index (κ2) is 8.12. The van der Waals surface area contributed by atoms with E-state index in [1.807, 2.05) is 36.4 Å². The van der Waals surface area contributed by atoms with Crippen molar-refractivity contribution in [3.8, 4) is 0 Å². The molecule has 0 spiro atoms. The van der Waals surface area contributed by atoms with E-state index in [0.29, 0.717) is 19.5 Å². The minimum atomic E-state index is -0.316. The van der Waals surface area contributed by atoms with E-state index < -0.39 is 0 Å². The van der Waals surface area contributed by atoms with Crippen molar-refractivity contribution in [2.45, 2.75) is 31.6 Å². The molecule has 3 aromatic rings. The molecule has 1 amide bonds. The van der Waals surface area contributed by atoms with Crippen LogP contribution in [0, 0.1) is 0 Å². The lowest BCUT2D eigenvalue weighted by molar-refractivity contribution is -0.135. The highest BCUT2D eigenvalue weighted by Gasteiger charge is 2.33. The molecule has 2 N–H and O–H groups in total. The summed E-state index contributed by atoms with van der Waals surface area (Å²) in [4.78, 5) is 14.9. The van der Waals surface area contributed by atoms with Gasteiger partial charge in [0.05, 0.1) is 25.6 Å². The quantitative estimate of drug-likeness (QED) is 0.623. The number of carbonyl (C=O) groups excluding carboxylic acids is 1. The van der Waals surface area contributed by atoms with Gasteiger partial charge in [0.15, 0.2) is 0 Å². The molecule has 1 aromatic carbocycles. The van der Waals surface area contributed by atoms with Gasteiger partial charge in [-0.15, -0.1) is 0 Å². The summed E-state index contributed by atoms with van der Waals surface area (Å²) in [6, 6.07) is 15.3. The third-order valence-electron chi connectivity index (χ3n) is 4.64. The number of carbonyl (C=O) groups is 1. The number of nitrogens with one attached hydrogen (secondary N) is 2. The fraction of sp³-hybridized carbons (Fsp3) is 0.250. The Balaban J connectivity index is 1.46. The smallest absolute Gasteiger partial charge is 0.241 e. The van der Waals surface area contributed by atoms with E-state index in [9.17, 15) is 4.79 Å². The average molecular weight is 430 g/mol. The maximum absolute atomic E-state index is 13.2. The van der Waals surface area contributed by atoms with Gasteiger partial charge < -0.3 is 13.7 Å². The van der Waals surface area contributed by atoms with Gasteiger partial charge in [0.25, 0.3) is 0 Å². The zero-order valence-electron chi connectivity index (χ0n) is 14.6. The van der Waals surface area contributed by atoms with E-state index in [1.54, 1.807) is 17.4 Å².